The summed E-state index contributed by atoms with van der Waals surface area (Å²) in [5.41, 5.74) is -0.732. The van der Waals surface area contributed by atoms with E-state index < -0.39 is 11.4 Å². The number of methoxy groups -OCH3 is 1. The van der Waals surface area contributed by atoms with Gasteiger partial charge in [0.15, 0.2) is 0 Å². The van der Waals surface area contributed by atoms with Crippen molar-refractivity contribution < 1.29 is 19.4 Å². The Kier molecular flexibility index (Phi) is 5.22. The van der Waals surface area contributed by atoms with Crippen molar-refractivity contribution in [2.75, 3.05) is 26.9 Å². The third-order valence-corrected chi connectivity index (χ3v) is 3.58. The molecule has 1 unspecified atom stereocenters. The maximum absolute atomic E-state index is 11.4. The highest BCUT2D eigenvalue weighted by Crippen LogP contribution is 2.40. The second-order valence-corrected chi connectivity index (χ2v) is 4.75. The van der Waals surface area contributed by atoms with Crippen molar-refractivity contribution in [3.63, 3.8) is 0 Å². The van der Waals surface area contributed by atoms with Gasteiger partial charge in [-0.05, 0) is 25.7 Å². The van der Waals surface area contributed by atoms with Gasteiger partial charge in [0, 0.05) is 7.11 Å². The van der Waals surface area contributed by atoms with E-state index in [1.54, 1.807) is 14.0 Å². The molecular formula is C12H22O4. The first-order valence-electron chi connectivity index (χ1n) is 5.91. The molecule has 1 aliphatic carbocycles. The van der Waals surface area contributed by atoms with Crippen LogP contribution >= 0.6 is 0 Å². The average molecular weight is 230 g/mol. The predicted molar refractivity (Wildman–Crippen MR) is 60.4 cm³/mol. The molecule has 1 rings (SSSR count). The number of hydrogen-bond acceptors (Lipinski definition) is 3. The maximum atomic E-state index is 11.4. The monoisotopic (exact) mass is 230 g/mol. The summed E-state index contributed by atoms with van der Waals surface area (Å²) < 4.78 is 10.3. The fourth-order valence-corrected chi connectivity index (χ4v) is 2.34. The van der Waals surface area contributed by atoms with Crippen LogP contribution in [0.3, 0.4) is 0 Å². The number of rotatable bonds is 7. The lowest BCUT2D eigenvalue weighted by atomic mass is 9.76. The Balaban J connectivity index is 2.47. The molecule has 4 heteroatoms. The molecule has 0 spiro atoms. The zero-order valence-electron chi connectivity index (χ0n) is 10.2. The summed E-state index contributed by atoms with van der Waals surface area (Å²) >= 11 is 0. The highest BCUT2D eigenvalue weighted by molar-refractivity contribution is 5.74. The Morgan fingerprint density at radius 2 is 2.00 bits per heavy atom. The Labute approximate surface area is 96.9 Å². The largest absolute Gasteiger partial charge is 0.481 e. The Morgan fingerprint density at radius 3 is 2.50 bits per heavy atom. The van der Waals surface area contributed by atoms with Gasteiger partial charge in [-0.25, -0.2) is 0 Å². The van der Waals surface area contributed by atoms with E-state index in [2.05, 4.69) is 0 Å². The van der Waals surface area contributed by atoms with Crippen LogP contribution in [-0.2, 0) is 14.3 Å². The minimum absolute atomic E-state index is 0.257. The van der Waals surface area contributed by atoms with Gasteiger partial charge < -0.3 is 14.6 Å². The van der Waals surface area contributed by atoms with Crippen LogP contribution in [-0.4, -0.2) is 38.0 Å². The lowest BCUT2D eigenvalue weighted by Crippen LogP contribution is -2.39. The summed E-state index contributed by atoms with van der Waals surface area (Å²) in [6.45, 7) is 3.07. The van der Waals surface area contributed by atoms with Crippen LogP contribution in [0.4, 0.5) is 0 Å². The smallest absolute Gasteiger partial charge is 0.311 e. The molecule has 1 atom stereocenters. The Bertz CT molecular complexity index is 223. The molecular weight excluding hydrogens is 208 g/mol. The van der Waals surface area contributed by atoms with Crippen molar-refractivity contribution in [3.8, 4) is 0 Å². The molecule has 4 nitrogen and oxygen atoms in total. The number of aliphatic carboxylic acids is 1. The molecule has 1 fully saturated rings. The van der Waals surface area contributed by atoms with E-state index in [1.807, 2.05) is 0 Å². The van der Waals surface area contributed by atoms with Gasteiger partial charge in [-0.2, -0.15) is 0 Å². The maximum Gasteiger partial charge on any atom is 0.311 e. The van der Waals surface area contributed by atoms with Gasteiger partial charge in [-0.3, -0.25) is 4.79 Å². The normalized spacial score (nSPS) is 20.9. The van der Waals surface area contributed by atoms with Gasteiger partial charge in [-0.15, -0.1) is 0 Å². The van der Waals surface area contributed by atoms with E-state index in [0.717, 1.165) is 25.7 Å². The summed E-state index contributed by atoms with van der Waals surface area (Å²) in [5.74, 6) is -0.482. The summed E-state index contributed by atoms with van der Waals surface area (Å²) in [4.78, 5) is 11.4. The number of carboxylic acids is 1. The molecule has 94 valence electrons. The van der Waals surface area contributed by atoms with Crippen LogP contribution in [0.2, 0.25) is 0 Å². The van der Waals surface area contributed by atoms with Gasteiger partial charge in [0.2, 0.25) is 0 Å². The van der Waals surface area contributed by atoms with E-state index >= 15 is 0 Å². The van der Waals surface area contributed by atoms with Gasteiger partial charge in [0.05, 0.1) is 25.2 Å². The van der Waals surface area contributed by atoms with Gasteiger partial charge >= 0.3 is 5.97 Å². The molecule has 0 heterocycles. The van der Waals surface area contributed by atoms with E-state index in [9.17, 15) is 9.90 Å². The first kappa shape index (κ1) is 13.5. The molecule has 0 aromatic heterocycles. The fraction of sp³-hybridized carbons (Fsp3) is 0.917. The first-order chi connectivity index (χ1) is 7.61. The molecule has 16 heavy (non-hydrogen) atoms. The summed E-state index contributed by atoms with van der Waals surface area (Å²) in [6.07, 6.45) is 4.31. The zero-order chi connectivity index (χ0) is 12.0. The molecule has 0 saturated heterocycles. The third-order valence-electron chi connectivity index (χ3n) is 3.58. The third kappa shape index (κ3) is 3.19. The van der Waals surface area contributed by atoms with E-state index in [4.69, 9.17) is 9.47 Å². The molecule has 0 aromatic rings. The lowest BCUT2D eigenvalue weighted by molar-refractivity contribution is -0.156. The van der Waals surface area contributed by atoms with Crippen molar-refractivity contribution in [2.45, 2.75) is 32.6 Å². The second kappa shape index (κ2) is 6.21. The van der Waals surface area contributed by atoms with Gasteiger partial charge in [-0.1, -0.05) is 12.8 Å². The Morgan fingerprint density at radius 1 is 1.38 bits per heavy atom. The van der Waals surface area contributed by atoms with Crippen molar-refractivity contribution in [2.24, 2.45) is 11.3 Å². The SMILES string of the molecule is COCCOCC(C)(C(=O)O)C1CCCC1. The molecule has 1 aliphatic rings. The highest BCUT2D eigenvalue weighted by atomic mass is 16.5. The van der Waals surface area contributed by atoms with Crippen LogP contribution in [0.5, 0.6) is 0 Å². The Hall–Kier alpha value is -0.610. The minimum atomic E-state index is -0.739. The molecule has 0 aromatic carbocycles. The standard InChI is InChI=1S/C12H22O4/c1-12(11(13)14,9-16-8-7-15-2)10-5-3-4-6-10/h10H,3-9H2,1-2H3,(H,13,14). The molecule has 0 aliphatic heterocycles. The first-order valence-corrected chi connectivity index (χ1v) is 5.91. The highest BCUT2D eigenvalue weighted by Gasteiger charge is 2.42. The predicted octanol–water partition coefficient (Wildman–Crippen LogP) is 1.93. The molecule has 1 saturated carbocycles. The van der Waals surface area contributed by atoms with Crippen LogP contribution in [0.15, 0.2) is 0 Å². The van der Waals surface area contributed by atoms with Crippen LogP contribution in [0, 0.1) is 11.3 Å². The quantitative estimate of drug-likeness (QED) is 0.679. The second-order valence-electron chi connectivity index (χ2n) is 4.75. The molecule has 0 bridgehead atoms. The number of hydrogen-bond donors (Lipinski definition) is 1. The van der Waals surface area contributed by atoms with Crippen LogP contribution in [0.25, 0.3) is 0 Å². The van der Waals surface area contributed by atoms with Crippen molar-refractivity contribution >= 4 is 5.97 Å². The number of carboxylic acid groups (broad SMARTS) is 1. The van der Waals surface area contributed by atoms with E-state index in [1.165, 1.54) is 0 Å². The summed E-state index contributed by atoms with van der Waals surface area (Å²) in [6, 6.07) is 0. The van der Waals surface area contributed by atoms with E-state index in [0.29, 0.717) is 13.2 Å². The van der Waals surface area contributed by atoms with Gasteiger partial charge in [0.1, 0.15) is 0 Å². The lowest BCUT2D eigenvalue weighted by Gasteiger charge is -2.30. The van der Waals surface area contributed by atoms with Crippen molar-refractivity contribution in [1.29, 1.82) is 0 Å². The van der Waals surface area contributed by atoms with Gasteiger partial charge in [0.25, 0.3) is 0 Å². The topological polar surface area (TPSA) is 55.8 Å². The number of carbonyl (C=O) groups is 1. The molecule has 0 amide bonds. The fourth-order valence-electron chi connectivity index (χ4n) is 2.34. The molecule has 0 radical (unpaired) electrons. The average Bonchev–Trinajstić information content (AvgIpc) is 2.77. The van der Waals surface area contributed by atoms with E-state index in [-0.39, 0.29) is 12.5 Å². The number of ether oxygens (including phenoxy) is 2. The minimum Gasteiger partial charge on any atom is -0.481 e. The van der Waals surface area contributed by atoms with Crippen molar-refractivity contribution in [3.05, 3.63) is 0 Å². The molecule has 1 N–H and O–H groups in total. The zero-order valence-corrected chi connectivity index (χ0v) is 10.2. The van der Waals surface area contributed by atoms with Crippen LogP contribution in [0.1, 0.15) is 32.6 Å². The summed E-state index contributed by atoms with van der Waals surface area (Å²) in [5, 5.41) is 9.34. The van der Waals surface area contributed by atoms with Crippen molar-refractivity contribution in [1.82, 2.24) is 0 Å². The van der Waals surface area contributed by atoms with Crippen LogP contribution < -0.4 is 0 Å². The summed E-state index contributed by atoms with van der Waals surface area (Å²) in [7, 11) is 1.61.